The molecule has 0 aromatic carbocycles. The summed E-state index contributed by atoms with van der Waals surface area (Å²) in [6, 6.07) is 0. The van der Waals surface area contributed by atoms with E-state index in [0.717, 1.165) is 0 Å². The van der Waals surface area contributed by atoms with Gasteiger partial charge in [0.1, 0.15) is 17.8 Å². The highest BCUT2D eigenvalue weighted by Crippen LogP contribution is 2.07. The second kappa shape index (κ2) is 3.76. The number of aromatic nitrogens is 5. The molecule has 2 rings (SSSR count). The fourth-order valence-electron chi connectivity index (χ4n) is 1.43. The molecule has 0 spiro atoms. The van der Waals surface area contributed by atoms with Gasteiger partial charge in [0.25, 0.3) is 0 Å². The molecule has 0 amide bonds. The van der Waals surface area contributed by atoms with Crippen LogP contribution in [-0.2, 0) is 13.6 Å². The molecule has 84 valence electrons. The van der Waals surface area contributed by atoms with Crippen molar-refractivity contribution in [2.45, 2.75) is 13.5 Å². The number of carboxylic acid groups (broad SMARTS) is 1. The second-order valence-corrected chi connectivity index (χ2v) is 3.44. The Morgan fingerprint density at radius 2 is 2.31 bits per heavy atom. The zero-order valence-corrected chi connectivity index (χ0v) is 8.95. The first-order valence-electron chi connectivity index (χ1n) is 4.68. The van der Waals surface area contributed by atoms with Crippen molar-refractivity contribution in [2.75, 3.05) is 0 Å². The Hall–Kier alpha value is -2.18. The highest BCUT2D eigenvalue weighted by molar-refractivity contribution is 5.85. The normalized spacial score (nSPS) is 10.6. The summed E-state index contributed by atoms with van der Waals surface area (Å²) < 4.78 is 3.33. The second-order valence-electron chi connectivity index (χ2n) is 3.44. The minimum Gasteiger partial charge on any atom is -0.477 e. The van der Waals surface area contributed by atoms with Crippen molar-refractivity contribution in [1.29, 1.82) is 0 Å². The van der Waals surface area contributed by atoms with Gasteiger partial charge in [-0.15, -0.1) is 10.2 Å². The molecule has 0 aliphatic rings. The summed E-state index contributed by atoms with van der Waals surface area (Å²) in [5.41, 5.74) is 0.153. The molecule has 0 fully saturated rings. The zero-order chi connectivity index (χ0) is 11.7. The molecular formula is C9H11N5O2. The van der Waals surface area contributed by atoms with Crippen molar-refractivity contribution in [1.82, 2.24) is 24.3 Å². The number of aryl methyl sites for hydroxylation is 2. The van der Waals surface area contributed by atoms with Crippen LogP contribution in [0.1, 0.15) is 22.1 Å². The van der Waals surface area contributed by atoms with Gasteiger partial charge in [-0.25, -0.2) is 9.78 Å². The molecular weight excluding hydrogens is 210 g/mol. The number of carboxylic acids is 1. The molecule has 0 aliphatic carbocycles. The SMILES string of the molecule is Cc1ncc(C(=O)O)n1Cc1nncn1C. The van der Waals surface area contributed by atoms with Crippen molar-refractivity contribution in [3.05, 3.63) is 29.9 Å². The van der Waals surface area contributed by atoms with Gasteiger partial charge in [0, 0.05) is 7.05 Å². The van der Waals surface area contributed by atoms with Gasteiger partial charge >= 0.3 is 5.97 Å². The van der Waals surface area contributed by atoms with Gasteiger partial charge in [0.05, 0.1) is 12.7 Å². The number of carbonyl (C=O) groups is 1. The maximum absolute atomic E-state index is 10.9. The third-order valence-electron chi connectivity index (χ3n) is 2.38. The van der Waals surface area contributed by atoms with E-state index < -0.39 is 5.97 Å². The lowest BCUT2D eigenvalue weighted by atomic mass is 10.4. The van der Waals surface area contributed by atoms with Crippen LogP contribution in [0.3, 0.4) is 0 Å². The van der Waals surface area contributed by atoms with Crippen molar-refractivity contribution >= 4 is 5.97 Å². The molecule has 2 aromatic heterocycles. The standard InChI is InChI=1S/C9H11N5O2/c1-6-10-3-7(9(15)16)14(6)4-8-12-11-5-13(8)2/h3,5H,4H2,1-2H3,(H,15,16). The van der Waals surface area contributed by atoms with Gasteiger partial charge in [0.2, 0.25) is 0 Å². The molecule has 0 saturated carbocycles. The summed E-state index contributed by atoms with van der Waals surface area (Å²) in [6.07, 6.45) is 2.91. The van der Waals surface area contributed by atoms with E-state index in [2.05, 4.69) is 15.2 Å². The monoisotopic (exact) mass is 221 g/mol. The molecule has 1 N–H and O–H groups in total. The van der Waals surface area contributed by atoms with Crippen LogP contribution >= 0.6 is 0 Å². The minimum atomic E-state index is -0.997. The maximum atomic E-state index is 10.9. The number of imidazole rings is 1. The lowest BCUT2D eigenvalue weighted by Gasteiger charge is -2.06. The van der Waals surface area contributed by atoms with E-state index in [9.17, 15) is 4.79 Å². The molecule has 2 heterocycles. The number of nitrogens with zero attached hydrogens (tertiary/aromatic N) is 5. The van der Waals surface area contributed by atoms with E-state index >= 15 is 0 Å². The summed E-state index contributed by atoms with van der Waals surface area (Å²) in [5, 5.41) is 16.6. The van der Waals surface area contributed by atoms with Gasteiger partial charge in [-0.1, -0.05) is 0 Å². The largest absolute Gasteiger partial charge is 0.477 e. The van der Waals surface area contributed by atoms with Crippen LogP contribution in [0.2, 0.25) is 0 Å². The summed E-state index contributed by atoms with van der Waals surface area (Å²) in [5.74, 6) is 0.326. The van der Waals surface area contributed by atoms with Crippen molar-refractivity contribution in [3.8, 4) is 0 Å². The molecule has 0 bridgehead atoms. The third-order valence-corrected chi connectivity index (χ3v) is 2.38. The number of aromatic carboxylic acids is 1. The molecule has 0 aliphatic heterocycles. The van der Waals surface area contributed by atoms with Crippen molar-refractivity contribution in [2.24, 2.45) is 7.05 Å². The zero-order valence-electron chi connectivity index (χ0n) is 8.95. The molecule has 16 heavy (non-hydrogen) atoms. The Bertz CT molecular complexity index is 528. The van der Waals surface area contributed by atoms with Crippen molar-refractivity contribution in [3.63, 3.8) is 0 Å². The predicted molar refractivity (Wildman–Crippen MR) is 54.0 cm³/mol. The van der Waals surface area contributed by atoms with Gasteiger partial charge in [-0.2, -0.15) is 0 Å². The first-order chi connectivity index (χ1) is 7.59. The number of rotatable bonds is 3. The Morgan fingerprint density at radius 3 is 2.88 bits per heavy atom. The maximum Gasteiger partial charge on any atom is 0.354 e. The average molecular weight is 221 g/mol. The fraction of sp³-hybridized carbons (Fsp3) is 0.333. The van der Waals surface area contributed by atoms with Crippen LogP contribution in [-0.4, -0.2) is 35.4 Å². The highest BCUT2D eigenvalue weighted by atomic mass is 16.4. The van der Waals surface area contributed by atoms with E-state index in [1.807, 2.05) is 7.05 Å². The number of hydrogen-bond donors (Lipinski definition) is 1. The van der Waals surface area contributed by atoms with E-state index in [1.54, 1.807) is 22.4 Å². The van der Waals surface area contributed by atoms with E-state index in [-0.39, 0.29) is 5.69 Å². The summed E-state index contributed by atoms with van der Waals surface area (Å²) in [6.45, 7) is 2.10. The highest BCUT2D eigenvalue weighted by Gasteiger charge is 2.14. The van der Waals surface area contributed by atoms with Crippen LogP contribution in [0.4, 0.5) is 0 Å². The first-order valence-corrected chi connectivity index (χ1v) is 4.68. The van der Waals surface area contributed by atoms with Crippen LogP contribution in [0, 0.1) is 6.92 Å². The van der Waals surface area contributed by atoms with E-state index in [0.29, 0.717) is 18.2 Å². The first kappa shape index (κ1) is 10.3. The Labute approximate surface area is 91.4 Å². The smallest absolute Gasteiger partial charge is 0.354 e. The molecule has 0 saturated heterocycles. The third kappa shape index (κ3) is 1.67. The summed E-state index contributed by atoms with van der Waals surface area (Å²) in [7, 11) is 1.81. The quantitative estimate of drug-likeness (QED) is 0.792. The summed E-state index contributed by atoms with van der Waals surface area (Å²) in [4.78, 5) is 14.9. The van der Waals surface area contributed by atoms with E-state index in [4.69, 9.17) is 5.11 Å². The Balaban J connectivity index is 2.38. The van der Waals surface area contributed by atoms with Crippen LogP contribution in [0.25, 0.3) is 0 Å². The predicted octanol–water partition coefficient (Wildman–Crippen LogP) is 0.0665. The molecule has 2 aromatic rings. The number of hydrogen-bond acceptors (Lipinski definition) is 4. The Morgan fingerprint density at radius 1 is 1.56 bits per heavy atom. The minimum absolute atomic E-state index is 0.153. The molecule has 0 unspecified atom stereocenters. The van der Waals surface area contributed by atoms with Crippen LogP contribution in [0.5, 0.6) is 0 Å². The fourth-order valence-corrected chi connectivity index (χ4v) is 1.43. The average Bonchev–Trinajstić information content (AvgIpc) is 2.76. The van der Waals surface area contributed by atoms with E-state index in [1.165, 1.54) is 6.20 Å². The lowest BCUT2D eigenvalue weighted by Crippen LogP contribution is -2.13. The van der Waals surface area contributed by atoms with Gasteiger partial charge in [-0.05, 0) is 6.92 Å². The Kier molecular flexibility index (Phi) is 2.43. The topological polar surface area (TPSA) is 85.8 Å². The lowest BCUT2D eigenvalue weighted by molar-refractivity contribution is 0.0685. The van der Waals surface area contributed by atoms with Gasteiger partial charge in [-0.3, -0.25) is 0 Å². The van der Waals surface area contributed by atoms with Crippen molar-refractivity contribution < 1.29 is 9.90 Å². The molecule has 0 atom stereocenters. The van der Waals surface area contributed by atoms with Gasteiger partial charge in [0.15, 0.2) is 5.82 Å². The summed E-state index contributed by atoms with van der Waals surface area (Å²) >= 11 is 0. The molecule has 7 heteroatoms. The van der Waals surface area contributed by atoms with Gasteiger partial charge < -0.3 is 14.2 Å². The molecule has 7 nitrogen and oxygen atoms in total. The van der Waals surface area contributed by atoms with Crippen LogP contribution < -0.4 is 0 Å². The molecule has 0 radical (unpaired) electrons. The van der Waals surface area contributed by atoms with Crippen LogP contribution in [0.15, 0.2) is 12.5 Å².